The summed E-state index contributed by atoms with van der Waals surface area (Å²) in [5.41, 5.74) is 10.5. The first-order valence-electron chi connectivity index (χ1n) is 14.0. The standard InChI is InChI=1S/C38H42/c1-6-31-22-24-33(25-23-31)37-27-36(32-15-9-7-10-16-32)26-35(37)19-13-14-29(4)20-21-30(5)38(28(2)3)34-17-11-8-12-18-34/h7-13,15-19,22-26,36-38H,2,4-6,14,20-21,27H2,1,3H3. The summed E-state index contributed by atoms with van der Waals surface area (Å²) in [6.07, 6.45) is 12.1. The van der Waals surface area contributed by atoms with Crippen molar-refractivity contribution < 1.29 is 0 Å². The van der Waals surface area contributed by atoms with Gasteiger partial charge in [0.15, 0.2) is 0 Å². The van der Waals surface area contributed by atoms with Crippen molar-refractivity contribution in [3.8, 4) is 0 Å². The quantitative estimate of drug-likeness (QED) is 0.218. The van der Waals surface area contributed by atoms with Gasteiger partial charge < -0.3 is 0 Å². The third-order valence-electron chi connectivity index (χ3n) is 7.85. The van der Waals surface area contributed by atoms with Gasteiger partial charge in [-0.3, -0.25) is 0 Å². The SMILES string of the molecule is C=C(CC=CC1=CC(c2ccccc2)CC1c1ccc(CC)cc1)CCC(=C)C(C(=C)C)c1ccccc1. The van der Waals surface area contributed by atoms with Gasteiger partial charge in [-0.2, -0.15) is 0 Å². The lowest BCUT2D eigenvalue weighted by atomic mass is 9.84. The summed E-state index contributed by atoms with van der Waals surface area (Å²) in [6, 6.07) is 30.7. The minimum Gasteiger partial charge on any atom is -0.0995 e. The smallest absolute Gasteiger partial charge is 0.0249 e. The molecular weight excluding hydrogens is 456 g/mol. The highest BCUT2D eigenvalue weighted by molar-refractivity contribution is 5.44. The van der Waals surface area contributed by atoms with Crippen LogP contribution in [-0.2, 0) is 6.42 Å². The van der Waals surface area contributed by atoms with Crippen LogP contribution in [-0.4, -0.2) is 0 Å². The highest BCUT2D eigenvalue weighted by atomic mass is 14.3. The average Bonchev–Trinajstić information content (AvgIpc) is 3.37. The second kappa shape index (κ2) is 13.2. The van der Waals surface area contributed by atoms with E-state index in [-0.39, 0.29) is 5.92 Å². The second-order valence-electron chi connectivity index (χ2n) is 10.8. The Morgan fingerprint density at radius 1 is 0.842 bits per heavy atom. The van der Waals surface area contributed by atoms with E-state index in [0.717, 1.165) is 37.7 Å². The summed E-state index contributed by atoms with van der Waals surface area (Å²) in [7, 11) is 0. The molecule has 3 unspecified atom stereocenters. The van der Waals surface area contributed by atoms with Crippen LogP contribution in [0.2, 0.25) is 0 Å². The van der Waals surface area contributed by atoms with E-state index in [1.165, 1.54) is 39.0 Å². The molecule has 0 aromatic heterocycles. The maximum Gasteiger partial charge on any atom is 0.0249 e. The molecule has 0 saturated heterocycles. The van der Waals surface area contributed by atoms with Crippen LogP contribution in [0.4, 0.5) is 0 Å². The van der Waals surface area contributed by atoms with Crippen molar-refractivity contribution in [1.82, 2.24) is 0 Å². The van der Waals surface area contributed by atoms with E-state index in [9.17, 15) is 0 Å². The predicted octanol–water partition coefficient (Wildman–Crippen LogP) is 10.6. The number of rotatable bonds is 12. The first kappa shape index (κ1) is 27.4. The molecule has 0 aliphatic heterocycles. The number of benzene rings is 3. The molecule has 0 N–H and O–H groups in total. The minimum atomic E-state index is 0.206. The van der Waals surface area contributed by atoms with E-state index >= 15 is 0 Å². The van der Waals surface area contributed by atoms with Gasteiger partial charge in [0.1, 0.15) is 0 Å². The van der Waals surface area contributed by atoms with Crippen molar-refractivity contribution in [2.24, 2.45) is 0 Å². The molecule has 0 fully saturated rings. The summed E-state index contributed by atoms with van der Waals surface area (Å²) in [6.45, 7) is 17.4. The van der Waals surface area contributed by atoms with Crippen molar-refractivity contribution in [3.63, 3.8) is 0 Å². The van der Waals surface area contributed by atoms with Gasteiger partial charge in [0.05, 0.1) is 0 Å². The molecule has 0 bridgehead atoms. The largest absolute Gasteiger partial charge is 0.0995 e. The summed E-state index contributed by atoms with van der Waals surface area (Å²) in [5.74, 6) is 1.09. The van der Waals surface area contributed by atoms with E-state index in [2.05, 4.69) is 137 Å². The molecular formula is C38H42. The normalized spacial score (nSPS) is 17.8. The van der Waals surface area contributed by atoms with Crippen LogP contribution in [0.1, 0.15) is 79.5 Å². The Labute approximate surface area is 230 Å². The van der Waals surface area contributed by atoms with E-state index in [4.69, 9.17) is 0 Å². The predicted molar refractivity (Wildman–Crippen MR) is 166 cm³/mol. The van der Waals surface area contributed by atoms with E-state index in [1.807, 2.05) is 0 Å². The Balaban J connectivity index is 1.40. The van der Waals surface area contributed by atoms with Crippen molar-refractivity contribution in [1.29, 1.82) is 0 Å². The monoisotopic (exact) mass is 498 g/mol. The molecule has 3 aromatic carbocycles. The molecule has 4 rings (SSSR count). The van der Waals surface area contributed by atoms with Crippen LogP contribution in [0, 0.1) is 0 Å². The molecule has 3 aromatic rings. The van der Waals surface area contributed by atoms with E-state index < -0.39 is 0 Å². The lowest BCUT2D eigenvalue weighted by Crippen LogP contribution is -2.03. The number of allylic oxidation sites excluding steroid dienone is 7. The molecule has 194 valence electrons. The van der Waals surface area contributed by atoms with Crippen LogP contribution in [0.25, 0.3) is 0 Å². The van der Waals surface area contributed by atoms with Crippen LogP contribution in [0.5, 0.6) is 0 Å². The molecule has 0 saturated carbocycles. The molecule has 3 atom stereocenters. The molecule has 0 radical (unpaired) electrons. The maximum atomic E-state index is 4.43. The first-order chi connectivity index (χ1) is 18.5. The number of hydrogen-bond donors (Lipinski definition) is 0. The Hall–Kier alpha value is -3.64. The Kier molecular flexibility index (Phi) is 9.55. The molecule has 0 nitrogen and oxygen atoms in total. The van der Waals surface area contributed by atoms with Gasteiger partial charge in [0.2, 0.25) is 0 Å². The lowest BCUT2D eigenvalue weighted by molar-refractivity contribution is 0.712. The summed E-state index contributed by atoms with van der Waals surface area (Å²) >= 11 is 0. The van der Waals surface area contributed by atoms with Gasteiger partial charge >= 0.3 is 0 Å². The Bertz CT molecular complexity index is 1290. The molecule has 0 heteroatoms. The van der Waals surface area contributed by atoms with Crippen LogP contribution >= 0.6 is 0 Å². The fraction of sp³-hybridized carbons (Fsp3) is 0.263. The highest BCUT2D eigenvalue weighted by Gasteiger charge is 2.27. The van der Waals surface area contributed by atoms with Gasteiger partial charge in [-0.05, 0) is 66.9 Å². The molecule has 1 aliphatic rings. The van der Waals surface area contributed by atoms with Crippen LogP contribution < -0.4 is 0 Å². The first-order valence-corrected chi connectivity index (χ1v) is 14.0. The van der Waals surface area contributed by atoms with Crippen molar-refractivity contribution >= 4 is 0 Å². The zero-order chi connectivity index (χ0) is 26.9. The van der Waals surface area contributed by atoms with Crippen LogP contribution in [0.15, 0.2) is 145 Å². The third kappa shape index (κ3) is 7.01. The van der Waals surface area contributed by atoms with Crippen molar-refractivity contribution in [2.75, 3.05) is 0 Å². The fourth-order valence-electron chi connectivity index (χ4n) is 5.68. The third-order valence-corrected chi connectivity index (χ3v) is 7.85. The van der Waals surface area contributed by atoms with Crippen molar-refractivity contribution in [2.45, 2.75) is 63.7 Å². The second-order valence-corrected chi connectivity index (χ2v) is 10.8. The molecule has 0 spiro atoms. The minimum absolute atomic E-state index is 0.206. The zero-order valence-corrected chi connectivity index (χ0v) is 23.2. The van der Waals surface area contributed by atoms with Crippen LogP contribution in [0.3, 0.4) is 0 Å². The fourth-order valence-corrected chi connectivity index (χ4v) is 5.68. The molecule has 0 amide bonds. The summed E-state index contributed by atoms with van der Waals surface area (Å²) in [5, 5.41) is 0. The maximum absolute atomic E-state index is 4.43. The molecule has 38 heavy (non-hydrogen) atoms. The van der Waals surface area contributed by atoms with Gasteiger partial charge in [-0.15, -0.1) is 0 Å². The van der Waals surface area contributed by atoms with Crippen molar-refractivity contribution in [3.05, 3.63) is 167 Å². The summed E-state index contributed by atoms with van der Waals surface area (Å²) < 4.78 is 0. The Morgan fingerprint density at radius 3 is 2.13 bits per heavy atom. The van der Waals surface area contributed by atoms with Gasteiger partial charge in [0, 0.05) is 17.8 Å². The molecule has 1 aliphatic carbocycles. The average molecular weight is 499 g/mol. The zero-order valence-electron chi connectivity index (χ0n) is 23.2. The van der Waals surface area contributed by atoms with Gasteiger partial charge in [-0.1, -0.05) is 147 Å². The topological polar surface area (TPSA) is 0 Å². The van der Waals surface area contributed by atoms with Gasteiger partial charge in [0.25, 0.3) is 0 Å². The molecule has 0 heterocycles. The Morgan fingerprint density at radius 2 is 1.50 bits per heavy atom. The lowest BCUT2D eigenvalue weighted by Gasteiger charge is -2.21. The van der Waals surface area contributed by atoms with E-state index in [1.54, 1.807) is 0 Å². The summed E-state index contributed by atoms with van der Waals surface area (Å²) in [4.78, 5) is 0. The highest BCUT2D eigenvalue weighted by Crippen LogP contribution is 2.43. The number of hydrogen-bond acceptors (Lipinski definition) is 0. The number of aryl methyl sites for hydroxylation is 1. The van der Waals surface area contributed by atoms with Gasteiger partial charge in [-0.25, -0.2) is 0 Å². The van der Waals surface area contributed by atoms with E-state index in [0.29, 0.717) is 11.8 Å².